The molecule has 0 aliphatic carbocycles. The zero-order chi connectivity index (χ0) is 12.7. The molecule has 4 nitrogen and oxygen atoms in total. The van der Waals surface area contributed by atoms with Crippen LogP contribution in [0.5, 0.6) is 5.75 Å². The molecular formula is C13H13NO3. The van der Waals surface area contributed by atoms with Crippen molar-refractivity contribution in [2.75, 3.05) is 13.7 Å². The summed E-state index contributed by atoms with van der Waals surface area (Å²) in [4.78, 5) is 11.2. The maximum Gasteiger partial charge on any atom is 0.348 e. The van der Waals surface area contributed by atoms with E-state index in [4.69, 9.17) is 10.00 Å². The zero-order valence-electron chi connectivity index (χ0n) is 9.77. The van der Waals surface area contributed by atoms with Crippen LogP contribution >= 0.6 is 0 Å². The number of nitrogens with zero attached hydrogens (tertiary/aromatic N) is 1. The molecule has 17 heavy (non-hydrogen) atoms. The van der Waals surface area contributed by atoms with Gasteiger partial charge in [0.25, 0.3) is 0 Å². The Morgan fingerprint density at radius 3 is 2.53 bits per heavy atom. The fraction of sp³-hybridized carbons (Fsp3) is 0.231. The van der Waals surface area contributed by atoms with Gasteiger partial charge in [0, 0.05) is 0 Å². The molecule has 0 N–H and O–H groups in total. The van der Waals surface area contributed by atoms with Crippen molar-refractivity contribution >= 4 is 12.0 Å². The number of rotatable bonds is 4. The topological polar surface area (TPSA) is 59.3 Å². The number of benzene rings is 1. The van der Waals surface area contributed by atoms with Crippen molar-refractivity contribution in [3.05, 3.63) is 35.4 Å². The van der Waals surface area contributed by atoms with E-state index in [2.05, 4.69) is 4.74 Å². The predicted molar refractivity (Wildman–Crippen MR) is 63.2 cm³/mol. The van der Waals surface area contributed by atoms with Crippen molar-refractivity contribution in [3.8, 4) is 11.8 Å². The van der Waals surface area contributed by atoms with Crippen LogP contribution in [-0.2, 0) is 9.53 Å². The molecule has 0 aliphatic heterocycles. The summed E-state index contributed by atoms with van der Waals surface area (Å²) >= 11 is 0. The quantitative estimate of drug-likeness (QED) is 0.452. The maximum absolute atomic E-state index is 11.2. The molecule has 0 radical (unpaired) electrons. The molecule has 0 saturated carbocycles. The molecule has 0 bridgehead atoms. The zero-order valence-corrected chi connectivity index (χ0v) is 9.77. The van der Waals surface area contributed by atoms with Gasteiger partial charge in [0.1, 0.15) is 17.4 Å². The fourth-order valence-corrected chi connectivity index (χ4v) is 1.24. The lowest BCUT2D eigenvalue weighted by Gasteiger charge is -2.02. The molecule has 0 saturated heterocycles. The summed E-state index contributed by atoms with van der Waals surface area (Å²) in [7, 11) is 1.24. The third kappa shape index (κ3) is 3.65. The van der Waals surface area contributed by atoms with E-state index in [0.717, 1.165) is 11.3 Å². The number of carbonyl (C=O) groups is 1. The predicted octanol–water partition coefficient (Wildman–Crippen LogP) is 2.17. The molecule has 0 fully saturated rings. The number of ether oxygens (including phenoxy) is 2. The largest absolute Gasteiger partial charge is 0.494 e. The highest BCUT2D eigenvalue weighted by Crippen LogP contribution is 2.14. The fourth-order valence-electron chi connectivity index (χ4n) is 1.24. The van der Waals surface area contributed by atoms with E-state index in [1.165, 1.54) is 13.2 Å². The Hall–Kier alpha value is -2.28. The molecule has 1 rings (SSSR count). The van der Waals surface area contributed by atoms with Crippen molar-refractivity contribution in [1.29, 1.82) is 5.26 Å². The molecule has 0 aromatic heterocycles. The Balaban J connectivity index is 2.90. The van der Waals surface area contributed by atoms with E-state index in [0.29, 0.717) is 6.61 Å². The van der Waals surface area contributed by atoms with Gasteiger partial charge < -0.3 is 9.47 Å². The summed E-state index contributed by atoms with van der Waals surface area (Å²) in [6, 6.07) is 8.89. The van der Waals surface area contributed by atoms with Crippen molar-refractivity contribution in [2.45, 2.75) is 6.92 Å². The van der Waals surface area contributed by atoms with Gasteiger partial charge in [0.15, 0.2) is 0 Å². The molecule has 1 aromatic carbocycles. The smallest absolute Gasteiger partial charge is 0.348 e. The van der Waals surface area contributed by atoms with Crippen molar-refractivity contribution < 1.29 is 14.3 Å². The standard InChI is InChI=1S/C13H13NO3/c1-3-17-12-6-4-10(5-7-12)8-11(9-14)13(15)16-2/h4-8H,3H2,1-2H3/b11-8-. The molecule has 0 aliphatic rings. The van der Waals surface area contributed by atoms with Crippen molar-refractivity contribution in [1.82, 2.24) is 0 Å². The van der Waals surface area contributed by atoms with Gasteiger partial charge in [-0.2, -0.15) is 5.26 Å². The van der Waals surface area contributed by atoms with Gasteiger partial charge in [-0.3, -0.25) is 0 Å². The van der Waals surface area contributed by atoms with Gasteiger partial charge in [-0.15, -0.1) is 0 Å². The van der Waals surface area contributed by atoms with Crippen LogP contribution in [0.4, 0.5) is 0 Å². The highest BCUT2D eigenvalue weighted by Gasteiger charge is 2.08. The van der Waals surface area contributed by atoms with Crippen molar-refractivity contribution in [3.63, 3.8) is 0 Å². The first-order valence-corrected chi connectivity index (χ1v) is 5.14. The second-order valence-electron chi connectivity index (χ2n) is 3.16. The van der Waals surface area contributed by atoms with Crippen LogP contribution in [0.15, 0.2) is 29.8 Å². The lowest BCUT2D eigenvalue weighted by molar-refractivity contribution is -0.135. The van der Waals surface area contributed by atoms with E-state index in [1.54, 1.807) is 30.3 Å². The summed E-state index contributed by atoms with van der Waals surface area (Å²) in [5.41, 5.74) is 0.715. The Morgan fingerprint density at radius 1 is 1.41 bits per heavy atom. The maximum atomic E-state index is 11.2. The third-order valence-electron chi connectivity index (χ3n) is 2.03. The minimum atomic E-state index is -0.638. The van der Waals surface area contributed by atoms with Gasteiger partial charge in [0.05, 0.1) is 13.7 Å². The number of nitriles is 1. The van der Waals surface area contributed by atoms with Crippen LogP contribution in [0.3, 0.4) is 0 Å². The van der Waals surface area contributed by atoms with Crippen LogP contribution in [0.1, 0.15) is 12.5 Å². The molecule has 88 valence electrons. The average Bonchev–Trinajstić information content (AvgIpc) is 2.37. The number of hydrogen-bond acceptors (Lipinski definition) is 4. The monoisotopic (exact) mass is 231 g/mol. The van der Waals surface area contributed by atoms with Crippen LogP contribution in [-0.4, -0.2) is 19.7 Å². The molecule has 1 aromatic rings. The molecule has 0 unspecified atom stereocenters. The van der Waals surface area contributed by atoms with Crippen LogP contribution in [0, 0.1) is 11.3 Å². The van der Waals surface area contributed by atoms with E-state index in [1.807, 2.05) is 6.92 Å². The molecular weight excluding hydrogens is 218 g/mol. The van der Waals surface area contributed by atoms with E-state index < -0.39 is 5.97 Å². The van der Waals surface area contributed by atoms with Crippen molar-refractivity contribution in [2.24, 2.45) is 0 Å². The number of carbonyl (C=O) groups excluding carboxylic acids is 1. The number of esters is 1. The minimum Gasteiger partial charge on any atom is -0.494 e. The SMILES string of the molecule is CCOc1ccc(/C=C(/C#N)C(=O)OC)cc1. The van der Waals surface area contributed by atoms with Gasteiger partial charge in [-0.1, -0.05) is 12.1 Å². The van der Waals surface area contributed by atoms with Gasteiger partial charge in [-0.25, -0.2) is 4.79 Å². The Morgan fingerprint density at radius 2 is 2.06 bits per heavy atom. The van der Waals surface area contributed by atoms with Crippen LogP contribution in [0.25, 0.3) is 6.08 Å². The molecule has 0 amide bonds. The summed E-state index contributed by atoms with van der Waals surface area (Å²) in [6.45, 7) is 2.50. The van der Waals surface area contributed by atoms with E-state index in [9.17, 15) is 4.79 Å². The van der Waals surface area contributed by atoms with Gasteiger partial charge in [0.2, 0.25) is 0 Å². The highest BCUT2D eigenvalue weighted by atomic mass is 16.5. The van der Waals surface area contributed by atoms with Crippen LogP contribution in [0.2, 0.25) is 0 Å². The number of methoxy groups -OCH3 is 1. The first-order chi connectivity index (χ1) is 8.21. The minimum absolute atomic E-state index is 0.0309. The summed E-state index contributed by atoms with van der Waals surface area (Å²) < 4.78 is 9.77. The van der Waals surface area contributed by atoms with Gasteiger partial charge in [-0.05, 0) is 30.7 Å². The molecule has 0 atom stereocenters. The third-order valence-corrected chi connectivity index (χ3v) is 2.03. The normalized spacial score (nSPS) is 10.5. The Kier molecular flexibility index (Phi) is 4.77. The average molecular weight is 231 g/mol. The summed E-state index contributed by atoms with van der Waals surface area (Å²) in [6.07, 6.45) is 1.47. The highest BCUT2D eigenvalue weighted by molar-refractivity contribution is 5.97. The lowest BCUT2D eigenvalue weighted by Crippen LogP contribution is -2.02. The van der Waals surface area contributed by atoms with Gasteiger partial charge >= 0.3 is 5.97 Å². The van der Waals surface area contributed by atoms with Crippen LogP contribution < -0.4 is 4.74 Å². The molecule has 0 spiro atoms. The molecule has 4 heteroatoms. The Bertz CT molecular complexity index is 455. The lowest BCUT2D eigenvalue weighted by atomic mass is 10.1. The second-order valence-corrected chi connectivity index (χ2v) is 3.16. The summed E-state index contributed by atoms with van der Waals surface area (Å²) in [5.74, 6) is 0.114. The Labute approximate surface area is 100 Å². The number of hydrogen-bond donors (Lipinski definition) is 0. The second kappa shape index (κ2) is 6.33. The summed E-state index contributed by atoms with van der Waals surface area (Å²) in [5, 5.41) is 8.78. The van der Waals surface area contributed by atoms with E-state index >= 15 is 0 Å². The van der Waals surface area contributed by atoms with E-state index in [-0.39, 0.29) is 5.57 Å². The first kappa shape index (κ1) is 12.8. The molecule has 0 heterocycles. The first-order valence-electron chi connectivity index (χ1n) is 5.14.